The maximum absolute atomic E-state index is 13.4. The van der Waals surface area contributed by atoms with E-state index in [9.17, 15) is 18.0 Å². The van der Waals surface area contributed by atoms with Gasteiger partial charge in [0.2, 0.25) is 5.91 Å². The number of carbonyl (C=O) groups excluding carboxylic acids is 1. The third kappa shape index (κ3) is 6.43. The Balaban J connectivity index is 1.70. The van der Waals surface area contributed by atoms with Gasteiger partial charge in [0, 0.05) is 31.9 Å². The highest BCUT2D eigenvalue weighted by Gasteiger charge is 2.37. The summed E-state index contributed by atoms with van der Waals surface area (Å²) in [4.78, 5) is 20.6. The molecule has 8 heteroatoms. The molecule has 3 rings (SSSR count). The average Bonchev–Trinajstić information content (AvgIpc) is 2.73. The Bertz CT molecular complexity index is 857. The highest BCUT2D eigenvalue weighted by atomic mass is 19.4. The van der Waals surface area contributed by atoms with Crippen LogP contribution in [0.1, 0.15) is 24.0 Å². The first-order valence-electron chi connectivity index (χ1n) is 10.5. The molecule has 2 atom stereocenters. The van der Waals surface area contributed by atoms with E-state index >= 15 is 0 Å². The Morgan fingerprint density at radius 2 is 1.97 bits per heavy atom. The van der Waals surface area contributed by atoms with Crippen molar-refractivity contribution >= 4 is 11.7 Å². The summed E-state index contributed by atoms with van der Waals surface area (Å²) in [7, 11) is 3.90. The third-order valence-electron chi connectivity index (χ3n) is 5.44. The molecule has 2 heterocycles. The second-order valence-electron chi connectivity index (χ2n) is 8.31. The molecule has 2 unspecified atom stereocenters. The van der Waals surface area contributed by atoms with Gasteiger partial charge in [0.15, 0.2) is 0 Å². The highest BCUT2D eigenvalue weighted by Crippen LogP contribution is 2.36. The summed E-state index contributed by atoms with van der Waals surface area (Å²) in [5.41, 5.74) is 0.369. The van der Waals surface area contributed by atoms with Crippen LogP contribution in [-0.2, 0) is 17.4 Å². The van der Waals surface area contributed by atoms with Crippen LogP contribution in [0.15, 0.2) is 48.7 Å². The fraction of sp³-hybridized carbons (Fsp3) is 0.478. The van der Waals surface area contributed by atoms with Crippen LogP contribution in [0.25, 0.3) is 0 Å². The topological polar surface area (TPSA) is 48.5 Å². The lowest BCUT2D eigenvalue weighted by molar-refractivity contribution is -0.137. The van der Waals surface area contributed by atoms with Crippen LogP contribution in [0, 0.1) is 5.92 Å². The number of nitrogens with zero attached hydrogens (tertiary/aromatic N) is 3. The fourth-order valence-corrected chi connectivity index (χ4v) is 4.07. The number of benzene rings is 1. The van der Waals surface area contributed by atoms with Gasteiger partial charge in [-0.2, -0.15) is 13.2 Å². The molecule has 0 radical (unpaired) electrons. The highest BCUT2D eigenvalue weighted by molar-refractivity contribution is 5.80. The zero-order chi connectivity index (χ0) is 22.4. The zero-order valence-corrected chi connectivity index (χ0v) is 17.9. The van der Waals surface area contributed by atoms with Crippen LogP contribution in [0.5, 0.6) is 0 Å². The van der Waals surface area contributed by atoms with E-state index in [0.717, 1.165) is 11.6 Å². The van der Waals surface area contributed by atoms with Crippen molar-refractivity contribution in [1.29, 1.82) is 0 Å². The number of amides is 1. The molecule has 168 valence electrons. The third-order valence-corrected chi connectivity index (χ3v) is 5.44. The number of carbonyl (C=O) groups is 1. The first kappa shape index (κ1) is 23.1. The van der Waals surface area contributed by atoms with Gasteiger partial charge < -0.3 is 15.1 Å². The zero-order valence-electron chi connectivity index (χ0n) is 17.9. The van der Waals surface area contributed by atoms with E-state index in [1.165, 1.54) is 12.3 Å². The van der Waals surface area contributed by atoms with E-state index in [-0.39, 0.29) is 30.2 Å². The number of likely N-dealkylation sites (N-methyl/N-ethyl adjacent to an activating group) is 1. The molecule has 0 aliphatic carbocycles. The van der Waals surface area contributed by atoms with E-state index < -0.39 is 11.7 Å². The van der Waals surface area contributed by atoms with Crippen LogP contribution >= 0.6 is 0 Å². The molecule has 1 saturated heterocycles. The molecule has 1 amide bonds. The quantitative estimate of drug-likeness (QED) is 0.724. The van der Waals surface area contributed by atoms with Gasteiger partial charge in [0.05, 0.1) is 11.5 Å². The van der Waals surface area contributed by atoms with E-state index in [4.69, 9.17) is 0 Å². The van der Waals surface area contributed by atoms with Crippen molar-refractivity contribution in [2.45, 2.75) is 31.5 Å². The monoisotopic (exact) mass is 434 g/mol. The van der Waals surface area contributed by atoms with Crippen molar-refractivity contribution < 1.29 is 18.0 Å². The number of aromatic nitrogens is 1. The van der Waals surface area contributed by atoms with Crippen molar-refractivity contribution in [2.75, 3.05) is 38.6 Å². The first-order valence-corrected chi connectivity index (χ1v) is 10.5. The minimum atomic E-state index is -4.48. The minimum Gasteiger partial charge on any atom is -0.355 e. The lowest BCUT2D eigenvalue weighted by Crippen LogP contribution is -2.49. The van der Waals surface area contributed by atoms with Gasteiger partial charge in [-0.15, -0.1) is 0 Å². The Labute approximate surface area is 181 Å². The molecule has 2 aromatic rings. The molecule has 5 nitrogen and oxygen atoms in total. The molecule has 0 spiro atoms. The molecule has 0 saturated carbocycles. The van der Waals surface area contributed by atoms with Gasteiger partial charge in [-0.05, 0) is 51.1 Å². The van der Waals surface area contributed by atoms with Crippen molar-refractivity contribution in [3.63, 3.8) is 0 Å². The summed E-state index contributed by atoms with van der Waals surface area (Å²) in [6, 6.07) is 12.2. The second kappa shape index (κ2) is 10.1. The van der Waals surface area contributed by atoms with Crippen LogP contribution in [0.4, 0.5) is 19.0 Å². The van der Waals surface area contributed by atoms with Crippen LogP contribution in [-0.4, -0.2) is 55.6 Å². The Morgan fingerprint density at radius 1 is 1.23 bits per heavy atom. The number of alkyl halides is 3. The summed E-state index contributed by atoms with van der Waals surface area (Å²) >= 11 is 0. The molecule has 1 aromatic carbocycles. The summed E-state index contributed by atoms with van der Waals surface area (Å²) < 4.78 is 40.2. The summed E-state index contributed by atoms with van der Waals surface area (Å²) in [6.45, 7) is 1.36. The van der Waals surface area contributed by atoms with Crippen molar-refractivity contribution in [2.24, 2.45) is 5.92 Å². The summed E-state index contributed by atoms with van der Waals surface area (Å²) in [5.74, 6) is -0.587. The fourth-order valence-electron chi connectivity index (χ4n) is 4.07. The predicted octanol–water partition coefficient (Wildman–Crippen LogP) is 3.61. The molecule has 1 aromatic heterocycles. The molecular weight excluding hydrogens is 405 g/mol. The molecular formula is C23H29F3N4O. The van der Waals surface area contributed by atoms with Crippen LogP contribution in [0.2, 0.25) is 0 Å². The number of hydrogen-bond acceptors (Lipinski definition) is 4. The Morgan fingerprint density at radius 3 is 2.65 bits per heavy atom. The molecule has 31 heavy (non-hydrogen) atoms. The van der Waals surface area contributed by atoms with Crippen molar-refractivity contribution in [3.8, 4) is 0 Å². The van der Waals surface area contributed by atoms with Crippen molar-refractivity contribution in [3.05, 3.63) is 59.8 Å². The number of pyridine rings is 1. The molecule has 1 aliphatic rings. The predicted molar refractivity (Wildman–Crippen MR) is 115 cm³/mol. The average molecular weight is 435 g/mol. The smallest absolute Gasteiger partial charge is 0.355 e. The maximum atomic E-state index is 13.4. The number of rotatable bonds is 7. The van der Waals surface area contributed by atoms with Crippen molar-refractivity contribution in [1.82, 2.24) is 15.2 Å². The second-order valence-corrected chi connectivity index (χ2v) is 8.31. The summed E-state index contributed by atoms with van der Waals surface area (Å²) in [5, 5.41) is 3.13. The van der Waals surface area contributed by atoms with Gasteiger partial charge >= 0.3 is 6.18 Å². The molecule has 0 bridgehead atoms. The normalized spacial score (nSPS) is 18.1. The number of halogens is 3. The van der Waals surface area contributed by atoms with Crippen LogP contribution < -0.4 is 10.2 Å². The molecule has 1 N–H and O–H groups in total. The maximum Gasteiger partial charge on any atom is 0.419 e. The Hall–Kier alpha value is -2.61. The molecule has 1 aliphatic heterocycles. The first-order chi connectivity index (χ1) is 14.7. The molecule has 1 fully saturated rings. The van der Waals surface area contributed by atoms with Gasteiger partial charge in [0.25, 0.3) is 0 Å². The van der Waals surface area contributed by atoms with Crippen LogP contribution in [0.3, 0.4) is 0 Å². The standard InChI is InChI=1S/C23H29F3N4O/c1-29(2)16-19(14-17-8-4-3-5-9-17)28-22(31)18-10-7-13-30(15-18)21-20(23(24,25)26)11-6-12-27-21/h3-6,8-9,11-12,18-19H,7,10,13-16H2,1-2H3,(H,28,31). The largest absolute Gasteiger partial charge is 0.419 e. The number of piperidine rings is 1. The van der Waals surface area contributed by atoms with Gasteiger partial charge in [-0.25, -0.2) is 4.98 Å². The minimum absolute atomic E-state index is 0.0825. The van der Waals surface area contributed by atoms with Gasteiger partial charge in [0.1, 0.15) is 5.82 Å². The number of anilines is 1. The van der Waals surface area contributed by atoms with E-state index in [2.05, 4.69) is 10.3 Å². The summed E-state index contributed by atoms with van der Waals surface area (Å²) in [6.07, 6.45) is -1.13. The lowest BCUT2D eigenvalue weighted by Gasteiger charge is -2.35. The van der Waals surface area contributed by atoms with E-state index in [0.29, 0.717) is 32.4 Å². The van der Waals surface area contributed by atoms with Gasteiger partial charge in [-0.1, -0.05) is 30.3 Å². The van der Waals surface area contributed by atoms with E-state index in [1.54, 1.807) is 4.90 Å². The number of hydrogen-bond donors (Lipinski definition) is 1. The van der Waals surface area contributed by atoms with E-state index in [1.807, 2.05) is 49.3 Å². The lowest BCUT2D eigenvalue weighted by atomic mass is 9.95. The Kier molecular flexibility index (Phi) is 7.54. The van der Waals surface area contributed by atoms with Gasteiger partial charge in [-0.3, -0.25) is 4.79 Å². The SMILES string of the molecule is CN(C)CC(Cc1ccccc1)NC(=O)C1CCCN(c2ncccc2C(F)(F)F)C1. The number of nitrogens with one attached hydrogen (secondary N) is 1.